The lowest BCUT2D eigenvalue weighted by atomic mass is 9.95. The minimum Gasteiger partial charge on any atom is -0.394 e. The number of aromatic nitrogens is 2. The summed E-state index contributed by atoms with van der Waals surface area (Å²) in [4.78, 5) is 20.6. The molecule has 0 bridgehead atoms. The van der Waals surface area contributed by atoms with Crippen LogP contribution in [0, 0.1) is 11.7 Å². The number of alkyl halides is 3. The summed E-state index contributed by atoms with van der Waals surface area (Å²) in [5.41, 5.74) is 2.93. The molecule has 198 valence electrons. The highest BCUT2D eigenvalue weighted by Gasteiger charge is 2.39. The number of benzene rings is 1. The average Bonchev–Trinajstić information content (AvgIpc) is 3.32. The van der Waals surface area contributed by atoms with Crippen LogP contribution in [-0.4, -0.2) is 34.2 Å². The van der Waals surface area contributed by atoms with E-state index >= 15 is 0 Å². The highest BCUT2D eigenvalue weighted by atomic mass is 32.2. The smallest absolute Gasteiger partial charge is 0.394 e. The van der Waals surface area contributed by atoms with Crippen molar-refractivity contribution in [3.63, 3.8) is 0 Å². The van der Waals surface area contributed by atoms with Gasteiger partial charge in [0, 0.05) is 41.3 Å². The van der Waals surface area contributed by atoms with Crippen LogP contribution >= 0.6 is 11.9 Å². The van der Waals surface area contributed by atoms with Crippen molar-refractivity contribution in [3.05, 3.63) is 77.5 Å². The van der Waals surface area contributed by atoms with Crippen molar-refractivity contribution in [1.29, 1.82) is 0 Å². The number of aromatic amines is 1. The molecule has 1 aromatic carbocycles. The maximum Gasteiger partial charge on any atom is 0.395 e. The molecule has 37 heavy (non-hydrogen) atoms. The van der Waals surface area contributed by atoms with E-state index in [1.807, 2.05) is 33.0 Å². The maximum atomic E-state index is 14.7. The molecule has 3 N–H and O–H groups in total. The lowest BCUT2D eigenvalue weighted by Gasteiger charge is -2.24. The number of carbonyl (C=O) groups is 1. The fourth-order valence-corrected chi connectivity index (χ4v) is 4.76. The number of H-pyrrole nitrogens is 1. The number of hydrogen-bond donors (Lipinski definition) is 3. The molecule has 2 heterocycles. The number of nitrogens with zero attached hydrogens (tertiary/aromatic N) is 1. The highest BCUT2D eigenvalue weighted by Crippen LogP contribution is 2.37. The molecule has 4 rings (SSSR count). The first-order valence-electron chi connectivity index (χ1n) is 12.0. The fourth-order valence-electron chi connectivity index (χ4n) is 3.92. The number of carbonyl (C=O) groups excluding carboxylic acids is 1. The Kier molecular flexibility index (Phi) is 9.42. The van der Waals surface area contributed by atoms with Gasteiger partial charge in [0.25, 0.3) is 0 Å². The van der Waals surface area contributed by atoms with Gasteiger partial charge in [-0.15, -0.1) is 0 Å². The van der Waals surface area contributed by atoms with Gasteiger partial charge in [-0.3, -0.25) is 4.79 Å². The first-order valence-corrected chi connectivity index (χ1v) is 12.9. The number of pyridine rings is 1. The Bertz CT molecular complexity index is 1300. The van der Waals surface area contributed by atoms with E-state index in [-0.39, 0.29) is 17.2 Å². The molecule has 2 aromatic heterocycles. The van der Waals surface area contributed by atoms with Gasteiger partial charge < -0.3 is 15.0 Å². The molecule has 0 saturated heterocycles. The Morgan fingerprint density at radius 1 is 1.16 bits per heavy atom. The van der Waals surface area contributed by atoms with Crippen LogP contribution in [0.25, 0.3) is 16.6 Å². The topological polar surface area (TPSA) is 69.8 Å². The predicted octanol–water partition coefficient (Wildman–Crippen LogP) is 7.50. The molecule has 0 saturated carbocycles. The largest absolute Gasteiger partial charge is 0.395 e. The summed E-state index contributed by atoms with van der Waals surface area (Å²) in [6, 6.07) is 5.93. The molecule has 2 atom stereocenters. The van der Waals surface area contributed by atoms with Crippen molar-refractivity contribution in [3.8, 4) is 0 Å². The second-order valence-corrected chi connectivity index (χ2v) is 9.38. The second-order valence-electron chi connectivity index (χ2n) is 8.33. The van der Waals surface area contributed by atoms with E-state index in [1.54, 1.807) is 13.2 Å². The molecule has 0 amide bonds. The summed E-state index contributed by atoms with van der Waals surface area (Å²) in [6.07, 6.45) is 3.89. The minimum absolute atomic E-state index is 0.0199. The Morgan fingerprint density at radius 3 is 2.57 bits per heavy atom. The van der Waals surface area contributed by atoms with Gasteiger partial charge in [-0.1, -0.05) is 26.0 Å². The maximum absolute atomic E-state index is 14.7. The second kappa shape index (κ2) is 12.3. The van der Waals surface area contributed by atoms with Crippen molar-refractivity contribution >= 4 is 40.0 Å². The Labute approximate surface area is 218 Å². The fraction of sp³-hybridized carbons (Fsp3) is 0.333. The van der Waals surface area contributed by atoms with Crippen LogP contribution < -0.4 is 10.0 Å². The number of rotatable bonds is 7. The third kappa shape index (κ3) is 6.74. The Morgan fingerprint density at radius 2 is 1.92 bits per heavy atom. The van der Waals surface area contributed by atoms with E-state index in [4.69, 9.17) is 0 Å². The molecule has 0 radical (unpaired) electrons. The third-order valence-corrected chi connectivity index (χ3v) is 6.92. The lowest BCUT2D eigenvalue weighted by molar-refractivity contribution is -0.163. The summed E-state index contributed by atoms with van der Waals surface area (Å²) < 4.78 is 56.2. The van der Waals surface area contributed by atoms with E-state index in [0.717, 1.165) is 11.1 Å². The first-order chi connectivity index (χ1) is 17.7. The summed E-state index contributed by atoms with van der Waals surface area (Å²) in [7, 11) is 1.78. The molecule has 3 aromatic rings. The van der Waals surface area contributed by atoms with Crippen LogP contribution in [0.5, 0.6) is 0 Å². The number of ketones is 1. The van der Waals surface area contributed by atoms with E-state index in [0.29, 0.717) is 28.7 Å². The number of hydrogen-bond acceptors (Lipinski definition) is 5. The van der Waals surface area contributed by atoms with E-state index in [9.17, 15) is 22.4 Å². The molecule has 0 aliphatic heterocycles. The number of anilines is 1. The number of fused-ring (bicyclic) bond motifs is 1. The van der Waals surface area contributed by atoms with Crippen LogP contribution in [0.4, 0.5) is 23.2 Å². The number of halogens is 4. The van der Waals surface area contributed by atoms with Crippen LogP contribution in [0.2, 0.25) is 0 Å². The van der Waals surface area contributed by atoms with Crippen LogP contribution in [0.3, 0.4) is 0 Å². The van der Waals surface area contributed by atoms with Gasteiger partial charge in [-0.05, 0) is 73.3 Å². The van der Waals surface area contributed by atoms with Gasteiger partial charge in [0.05, 0.1) is 11.5 Å². The van der Waals surface area contributed by atoms with E-state index < -0.39 is 23.7 Å². The SMILES string of the molecule is CC.CN/C=C(\C)c1cnc2[nH]cc(C(=O)c3cc(NSC4C=CC(C(F)(F)F)CC4)ccc3F)c2c1. The van der Waals surface area contributed by atoms with E-state index in [1.165, 1.54) is 48.5 Å². The van der Waals surface area contributed by atoms with Gasteiger partial charge in [0.1, 0.15) is 11.5 Å². The normalized spacial score (nSPS) is 17.8. The number of nitrogens with one attached hydrogen (secondary N) is 3. The monoisotopic (exact) mass is 534 g/mol. The van der Waals surface area contributed by atoms with Gasteiger partial charge in [-0.2, -0.15) is 13.2 Å². The predicted molar refractivity (Wildman–Crippen MR) is 143 cm³/mol. The average molecular weight is 535 g/mol. The van der Waals surface area contributed by atoms with Gasteiger partial charge in [0.2, 0.25) is 0 Å². The molecular formula is C27H30F4N4OS. The third-order valence-electron chi connectivity index (χ3n) is 5.87. The molecule has 5 nitrogen and oxygen atoms in total. The van der Waals surface area contributed by atoms with Crippen molar-refractivity contribution in [2.24, 2.45) is 5.92 Å². The minimum atomic E-state index is -4.23. The van der Waals surface area contributed by atoms with Crippen LogP contribution in [-0.2, 0) is 0 Å². The summed E-state index contributed by atoms with van der Waals surface area (Å²) in [5.74, 6) is -2.58. The molecular weight excluding hydrogens is 504 g/mol. The van der Waals surface area contributed by atoms with Crippen LogP contribution in [0.15, 0.2) is 55.0 Å². The van der Waals surface area contributed by atoms with Gasteiger partial charge in [0.15, 0.2) is 5.78 Å². The summed E-state index contributed by atoms with van der Waals surface area (Å²) >= 11 is 1.23. The molecule has 1 aliphatic carbocycles. The quantitative estimate of drug-likeness (QED) is 0.127. The van der Waals surface area contributed by atoms with Crippen LogP contribution in [0.1, 0.15) is 55.1 Å². The van der Waals surface area contributed by atoms with E-state index in [2.05, 4.69) is 20.0 Å². The van der Waals surface area contributed by atoms with Gasteiger partial charge >= 0.3 is 6.18 Å². The van der Waals surface area contributed by atoms with Crippen molar-refractivity contribution < 1.29 is 22.4 Å². The first kappa shape index (κ1) is 28.3. The van der Waals surface area contributed by atoms with Crippen molar-refractivity contribution in [1.82, 2.24) is 15.3 Å². The zero-order chi connectivity index (χ0) is 27.2. The van der Waals surface area contributed by atoms with Gasteiger partial charge in [-0.25, -0.2) is 9.37 Å². The molecule has 0 fully saturated rings. The molecule has 1 aliphatic rings. The summed E-state index contributed by atoms with van der Waals surface area (Å²) in [5, 5.41) is 3.37. The zero-order valence-corrected chi connectivity index (χ0v) is 21.9. The molecule has 0 spiro atoms. The van der Waals surface area contributed by atoms with Crippen molar-refractivity contribution in [2.75, 3.05) is 11.8 Å². The highest BCUT2D eigenvalue weighted by molar-refractivity contribution is 8.01. The van der Waals surface area contributed by atoms with Crippen molar-refractivity contribution in [2.45, 2.75) is 45.0 Å². The standard InChI is InChI=1S/C25H24F4N4OS.C2H6/c1-14(11-30-2)15-9-19-21(13-32-24(19)31-12-15)23(34)20-10-17(5-8-22(20)26)33-35-18-6-3-16(4-7-18)25(27,28)29;1-2/h3,5-6,8-13,16,18,30,33H,4,7H2,1-2H3,(H,31,32);1-2H3/b14-11+;. The molecule has 10 heteroatoms. The Hall–Kier alpha value is -3.27. The Balaban J connectivity index is 0.00000186. The number of allylic oxidation sites excluding steroid dienone is 2. The summed E-state index contributed by atoms with van der Waals surface area (Å²) in [6.45, 7) is 5.91. The molecule has 2 unspecified atom stereocenters. The lowest BCUT2D eigenvalue weighted by Crippen LogP contribution is -2.25. The zero-order valence-electron chi connectivity index (χ0n) is 21.0.